The fourth-order valence-corrected chi connectivity index (χ4v) is 3.14. The van der Waals surface area contributed by atoms with Gasteiger partial charge in [-0.25, -0.2) is 0 Å². The Hall–Kier alpha value is 1.03. The summed E-state index contributed by atoms with van der Waals surface area (Å²) in [5.74, 6) is 0. The minimum absolute atomic E-state index is 1.35. The highest BCUT2D eigenvalue weighted by Crippen LogP contribution is 2.30. The Morgan fingerprint density at radius 2 is 2.10 bits per heavy atom. The van der Waals surface area contributed by atoms with Gasteiger partial charge in [-0.2, -0.15) is 0 Å². The number of benzene rings is 1. The van der Waals surface area contributed by atoms with Gasteiger partial charge in [-0.3, -0.25) is 0 Å². The van der Waals surface area contributed by atoms with Crippen molar-refractivity contribution in [2.45, 2.75) is 11.8 Å². The first-order valence-corrected chi connectivity index (χ1v) is 7.23. The third-order valence-corrected chi connectivity index (χ3v) is 4.50. The van der Waals surface area contributed by atoms with E-state index >= 15 is 0 Å². The lowest BCUT2D eigenvalue weighted by atomic mass is 10.2. The molecule has 10 heavy (non-hydrogen) atoms. The summed E-state index contributed by atoms with van der Waals surface area (Å²) >= 11 is 4.67. The van der Waals surface area contributed by atoms with Crippen LogP contribution in [-0.4, -0.2) is 0 Å². The summed E-state index contributed by atoms with van der Waals surface area (Å²) in [6.07, 6.45) is 0. The van der Waals surface area contributed by atoms with Gasteiger partial charge in [0.25, 0.3) is 0 Å². The Morgan fingerprint density at radius 1 is 1.40 bits per heavy atom. The van der Waals surface area contributed by atoms with Crippen molar-refractivity contribution in [3.05, 3.63) is 27.3 Å². The van der Waals surface area contributed by atoms with Crippen LogP contribution in [-0.2, 0) is 0 Å². The Kier molecular flexibility index (Phi) is 3.79. The molecule has 0 aromatic heterocycles. The van der Waals surface area contributed by atoms with Crippen LogP contribution in [0.3, 0.4) is 0 Å². The molecule has 0 amide bonds. The standard InChI is InChI=1S/C7H6I2S/c1-5-6(8)3-2-4-7(5)10-9/h2-4H,1H3. The first-order valence-electron chi connectivity index (χ1n) is 2.79. The fourth-order valence-electron chi connectivity index (χ4n) is 0.671. The Bertz CT molecular complexity index is 235. The van der Waals surface area contributed by atoms with Crippen LogP contribution in [0.5, 0.6) is 0 Å². The van der Waals surface area contributed by atoms with Crippen molar-refractivity contribution in [3.8, 4) is 0 Å². The third-order valence-electron chi connectivity index (χ3n) is 1.30. The van der Waals surface area contributed by atoms with E-state index in [1.807, 2.05) is 0 Å². The highest BCUT2D eigenvalue weighted by molar-refractivity contribution is 14.2. The van der Waals surface area contributed by atoms with E-state index in [-0.39, 0.29) is 0 Å². The molecule has 0 heterocycles. The van der Waals surface area contributed by atoms with E-state index in [1.54, 1.807) is 8.93 Å². The fraction of sp³-hybridized carbons (Fsp3) is 0.143. The predicted molar refractivity (Wildman–Crippen MR) is 63.8 cm³/mol. The summed E-state index contributed by atoms with van der Waals surface area (Å²) in [5, 5.41) is 0. The van der Waals surface area contributed by atoms with Gasteiger partial charge in [0.15, 0.2) is 0 Å². The van der Waals surface area contributed by atoms with Gasteiger partial charge in [-0.1, -0.05) is 15.0 Å². The van der Waals surface area contributed by atoms with Crippen LogP contribution in [0, 0.1) is 10.5 Å². The minimum Gasteiger partial charge on any atom is -0.0601 e. The molecule has 0 bridgehead atoms. The second-order valence-corrected chi connectivity index (χ2v) is 5.02. The van der Waals surface area contributed by atoms with Crippen molar-refractivity contribution >= 4 is 52.7 Å². The van der Waals surface area contributed by atoms with Gasteiger partial charge >= 0.3 is 0 Å². The van der Waals surface area contributed by atoms with Gasteiger partial charge in [0.1, 0.15) is 0 Å². The maximum atomic E-state index is 2.36. The molecule has 0 aliphatic heterocycles. The van der Waals surface area contributed by atoms with Crippen LogP contribution in [0.4, 0.5) is 0 Å². The SMILES string of the molecule is Cc1c(I)cccc1SI. The summed E-state index contributed by atoms with van der Waals surface area (Å²) in [4.78, 5) is 1.37. The van der Waals surface area contributed by atoms with Crippen LogP contribution < -0.4 is 0 Å². The number of rotatable bonds is 1. The molecular weight excluding hydrogens is 370 g/mol. The van der Waals surface area contributed by atoms with E-state index in [0.717, 1.165) is 0 Å². The van der Waals surface area contributed by atoms with Crippen molar-refractivity contribution in [1.82, 2.24) is 0 Å². The smallest absolute Gasteiger partial charge is 0.0218 e. The van der Waals surface area contributed by atoms with E-state index < -0.39 is 0 Å². The minimum atomic E-state index is 1.35. The van der Waals surface area contributed by atoms with Gasteiger partial charge in [-0.05, 0) is 47.2 Å². The van der Waals surface area contributed by atoms with Crippen LogP contribution in [0.25, 0.3) is 0 Å². The predicted octanol–water partition coefficient (Wildman–Crippen LogP) is 4.04. The zero-order chi connectivity index (χ0) is 7.56. The Labute approximate surface area is 90.9 Å². The lowest BCUT2D eigenvalue weighted by molar-refractivity contribution is 1.28. The molecule has 1 aromatic rings. The maximum Gasteiger partial charge on any atom is 0.0218 e. The van der Waals surface area contributed by atoms with Gasteiger partial charge in [0.05, 0.1) is 0 Å². The van der Waals surface area contributed by atoms with Crippen LogP contribution in [0.15, 0.2) is 23.1 Å². The lowest BCUT2D eigenvalue weighted by Crippen LogP contribution is -1.80. The van der Waals surface area contributed by atoms with Crippen molar-refractivity contribution < 1.29 is 0 Å². The van der Waals surface area contributed by atoms with Gasteiger partial charge in [0.2, 0.25) is 0 Å². The quantitative estimate of drug-likeness (QED) is 0.667. The maximum absolute atomic E-state index is 2.36. The van der Waals surface area contributed by atoms with E-state index in [2.05, 4.69) is 68.9 Å². The number of halogens is 2. The first-order chi connectivity index (χ1) is 4.75. The summed E-state index contributed by atoms with van der Waals surface area (Å²) in [6.45, 7) is 2.16. The van der Waals surface area contributed by atoms with E-state index in [9.17, 15) is 0 Å². The third kappa shape index (κ3) is 2.01. The largest absolute Gasteiger partial charge is 0.0601 e. The topological polar surface area (TPSA) is 0 Å². The molecule has 3 heteroatoms. The van der Waals surface area contributed by atoms with Crippen molar-refractivity contribution in [3.63, 3.8) is 0 Å². The molecule has 54 valence electrons. The Morgan fingerprint density at radius 3 is 2.60 bits per heavy atom. The van der Waals surface area contributed by atoms with Crippen LogP contribution >= 0.6 is 52.7 Å². The van der Waals surface area contributed by atoms with E-state index in [0.29, 0.717) is 0 Å². The molecule has 0 atom stereocenters. The van der Waals surface area contributed by atoms with Gasteiger partial charge in [-0.15, -0.1) is 0 Å². The molecule has 0 aliphatic rings. The molecule has 1 aromatic carbocycles. The Balaban J connectivity index is 3.14. The van der Waals surface area contributed by atoms with E-state index in [4.69, 9.17) is 0 Å². The normalized spacial score (nSPS) is 9.90. The molecule has 0 fully saturated rings. The molecule has 0 saturated heterocycles. The molecule has 1 rings (SSSR count). The highest BCUT2D eigenvalue weighted by Gasteiger charge is 1.98. The summed E-state index contributed by atoms with van der Waals surface area (Å²) < 4.78 is 1.35. The molecule has 0 saturated carbocycles. The molecule has 0 radical (unpaired) electrons. The van der Waals surface area contributed by atoms with Crippen molar-refractivity contribution in [2.24, 2.45) is 0 Å². The average Bonchev–Trinajstić information content (AvgIpc) is 1.95. The summed E-state index contributed by atoms with van der Waals surface area (Å²) in [6, 6.07) is 6.37. The second-order valence-electron chi connectivity index (χ2n) is 1.94. The van der Waals surface area contributed by atoms with Gasteiger partial charge in [0, 0.05) is 29.7 Å². The molecular formula is C7H6I2S. The van der Waals surface area contributed by atoms with Crippen LogP contribution in [0.1, 0.15) is 5.56 Å². The van der Waals surface area contributed by atoms with Gasteiger partial charge < -0.3 is 0 Å². The van der Waals surface area contributed by atoms with Crippen molar-refractivity contribution in [2.75, 3.05) is 0 Å². The average molecular weight is 376 g/mol. The molecule has 0 N–H and O–H groups in total. The van der Waals surface area contributed by atoms with E-state index in [1.165, 1.54) is 14.0 Å². The first kappa shape index (κ1) is 9.12. The monoisotopic (exact) mass is 376 g/mol. The number of hydrogen-bond acceptors (Lipinski definition) is 1. The summed E-state index contributed by atoms with van der Waals surface area (Å²) in [7, 11) is 1.77. The van der Waals surface area contributed by atoms with Crippen molar-refractivity contribution in [1.29, 1.82) is 0 Å². The highest BCUT2D eigenvalue weighted by atomic mass is 127. The van der Waals surface area contributed by atoms with Crippen LogP contribution in [0.2, 0.25) is 0 Å². The zero-order valence-electron chi connectivity index (χ0n) is 5.40. The lowest BCUT2D eigenvalue weighted by Gasteiger charge is -2.01. The molecule has 0 spiro atoms. The molecule has 0 nitrogen and oxygen atoms in total. The molecule has 0 unspecified atom stereocenters. The molecule has 0 aliphatic carbocycles. The second kappa shape index (κ2) is 4.15. The summed E-state index contributed by atoms with van der Waals surface area (Å²) in [5.41, 5.74) is 1.39. The zero-order valence-corrected chi connectivity index (χ0v) is 10.5. The number of hydrogen-bond donors (Lipinski definition) is 0.